The minimum atomic E-state index is -0.0237. The Bertz CT molecular complexity index is 1480. The van der Waals surface area contributed by atoms with Crippen LogP contribution in [-0.2, 0) is 11.3 Å². The van der Waals surface area contributed by atoms with Gasteiger partial charge in [0.1, 0.15) is 10.0 Å². The molecule has 2 aliphatic rings. The van der Waals surface area contributed by atoms with Crippen molar-refractivity contribution in [2.24, 2.45) is 0 Å². The van der Waals surface area contributed by atoms with Gasteiger partial charge < -0.3 is 15.4 Å². The van der Waals surface area contributed by atoms with Gasteiger partial charge in [0.15, 0.2) is 0 Å². The lowest BCUT2D eigenvalue weighted by molar-refractivity contribution is -0.0707. The summed E-state index contributed by atoms with van der Waals surface area (Å²) in [5.74, 6) is -0.0237. The highest BCUT2D eigenvalue weighted by molar-refractivity contribution is 7.21. The van der Waals surface area contributed by atoms with Gasteiger partial charge in [-0.3, -0.25) is 9.69 Å². The number of carbonyl (C=O) groups is 1. The average molecular weight is 522 g/mol. The van der Waals surface area contributed by atoms with E-state index in [0.717, 1.165) is 61.6 Å². The molecule has 5 heterocycles. The number of thiophene rings is 1. The first kappa shape index (κ1) is 23.6. The summed E-state index contributed by atoms with van der Waals surface area (Å²) >= 11 is 7.97. The SMILES string of the molecule is C[C@@H]1CNc2c(sc3ccc4nc(-c5cc(Cl)nc(CN6C[C@@H](C)O[C@H](C)C6)c5)ccc4c23)C(=O)N1. The molecule has 7 nitrogen and oxygen atoms in total. The molecule has 4 aromatic rings. The molecule has 0 aliphatic carbocycles. The molecule has 9 heteroatoms. The second kappa shape index (κ2) is 9.27. The van der Waals surface area contributed by atoms with E-state index in [9.17, 15) is 4.79 Å². The Hall–Kier alpha value is -2.78. The van der Waals surface area contributed by atoms with Gasteiger partial charge in [-0.05, 0) is 57.2 Å². The smallest absolute Gasteiger partial charge is 0.263 e. The molecule has 2 N–H and O–H groups in total. The predicted molar refractivity (Wildman–Crippen MR) is 146 cm³/mol. The number of hydrogen-bond acceptors (Lipinski definition) is 7. The molecule has 6 rings (SSSR count). The summed E-state index contributed by atoms with van der Waals surface area (Å²) in [5, 5.41) is 9.08. The second-order valence-corrected chi connectivity index (χ2v) is 11.3. The molecule has 2 aliphatic heterocycles. The summed E-state index contributed by atoms with van der Waals surface area (Å²) in [6, 6.07) is 12.2. The minimum Gasteiger partial charge on any atom is -0.381 e. The van der Waals surface area contributed by atoms with Crippen LogP contribution in [0.5, 0.6) is 0 Å². The number of nitrogens with one attached hydrogen (secondary N) is 2. The standard InChI is InChI=1S/C27H28ClN5O2S/c1-14-10-29-25-24-19-4-5-20(32-21(19)6-7-22(24)36-26(25)27(34)30-14)17-8-18(31-23(28)9-17)13-33-11-15(2)35-16(3)12-33/h4-9,14-16,29H,10-13H2,1-3H3,(H,30,34)/t14-,15-,16-/m1/s1. The normalized spacial score (nSPS) is 22.8. The minimum absolute atomic E-state index is 0.0237. The summed E-state index contributed by atoms with van der Waals surface area (Å²) in [5.41, 5.74) is 4.49. The maximum absolute atomic E-state index is 12.7. The number of amides is 1. The predicted octanol–water partition coefficient (Wildman–Crippen LogP) is 5.32. The first-order valence-electron chi connectivity index (χ1n) is 12.3. The zero-order chi connectivity index (χ0) is 25.0. The number of aromatic nitrogens is 2. The fraction of sp³-hybridized carbons (Fsp3) is 0.370. The number of pyridine rings is 2. The molecule has 0 radical (unpaired) electrons. The van der Waals surface area contributed by atoms with Crippen molar-refractivity contribution in [1.82, 2.24) is 20.2 Å². The number of ether oxygens (including phenoxy) is 1. The molecule has 1 aromatic carbocycles. The van der Waals surface area contributed by atoms with Crippen LogP contribution in [0.4, 0.5) is 5.69 Å². The van der Waals surface area contributed by atoms with Crippen molar-refractivity contribution < 1.29 is 9.53 Å². The Morgan fingerprint density at radius 2 is 1.92 bits per heavy atom. The number of hydrogen-bond donors (Lipinski definition) is 2. The van der Waals surface area contributed by atoms with E-state index >= 15 is 0 Å². The monoisotopic (exact) mass is 521 g/mol. The van der Waals surface area contributed by atoms with Crippen molar-refractivity contribution >= 4 is 55.5 Å². The van der Waals surface area contributed by atoms with Gasteiger partial charge in [-0.1, -0.05) is 11.6 Å². The summed E-state index contributed by atoms with van der Waals surface area (Å²) in [7, 11) is 0. The highest BCUT2D eigenvalue weighted by Gasteiger charge is 2.25. The van der Waals surface area contributed by atoms with Gasteiger partial charge in [0.05, 0.1) is 34.8 Å². The number of benzene rings is 1. The van der Waals surface area contributed by atoms with Crippen molar-refractivity contribution in [1.29, 1.82) is 0 Å². The Morgan fingerprint density at radius 1 is 1.11 bits per heavy atom. The molecule has 1 amide bonds. The number of fused-ring (bicyclic) bond motifs is 5. The number of halogens is 1. The molecular weight excluding hydrogens is 494 g/mol. The molecule has 0 spiro atoms. The van der Waals surface area contributed by atoms with Gasteiger partial charge >= 0.3 is 0 Å². The number of anilines is 1. The highest BCUT2D eigenvalue weighted by Crippen LogP contribution is 2.41. The van der Waals surface area contributed by atoms with Crippen molar-refractivity contribution in [2.75, 3.05) is 25.0 Å². The molecule has 0 saturated carbocycles. The topological polar surface area (TPSA) is 79.4 Å². The van der Waals surface area contributed by atoms with Crippen LogP contribution in [0.15, 0.2) is 36.4 Å². The zero-order valence-electron chi connectivity index (χ0n) is 20.5. The third-order valence-electron chi connectivity index (χ3n) is 6.71. The van der Waals surface area contributed by atoms with E-state index < -0.39 is 0 Å². The third kappa shape index (κ3) is 4.43. The first-order valence-corrected chi connectivity index (χ1v) is 13.5. The maximum atomic E-state index is 12.7. The molecule has 1 saturated heterocycles. The molecular formula is C27H28ClN5O2S. The summed E-state index contributed by atoms with van der Waals surface area (Å²) in [4.78, 5) is 25.4. The molecule has 1 fully saturated rings. The van der Waals surface area contributed by atoms with Gasteiger partial charge in [0.2, 0.25) is 0 Å². The summed E-state index contributed by atoms with van der Waals surface area (Å²) < 4.78 is 6.94. The van der Waals surface area contributed by atoms with Crippen molar-refractivity contribution in [2.45, 2.75) is 45.6 Å². The Labute approximate surface area is 218 Å². The van der Waals surface area contributed by atoms with E-state index in [1.807, 2.05) is 25.1 Å². The van der Waals surface area contributed by atoms with Crippen LogP contribution in [0.2, 0.25) is 5.15 Å². The van der Waals surface area contributed by atoms with Gasteiger partial charge in [-0.15, -0.1) is 11.3 Å². The number of rotatable bonds is 3. The largest absolute Gasteiger partial charge is 0.381 e. The lowest BCUT2D eigenvalue weighted by Gasteiger charge is -2.35. The lowest BCUT2D eigenvalue weighted by atomic mass is 10.1. The van der Waals surface area contributed by atoms with Crippen LogP contribution in [0.3, 0.4) is 0 Å². The molecule has 0 bridgehead atoms. The van der Waals surface area contributed by atoms with Crippen LogP contribution in [0, 0.1) is 0 Å². The lowest BCUT2D eigenvalue weighted by Crippen LogP contribution is -2.44. The van der Waals surface area contributed by atoms with E-state index in [4.69, 9.17) is 21.3 Å². The van der Waals surface area contributed by atoms with Crippen LogP contribution in [-0.4, -0.2) is 58.7 Å². The zero-order valence-corrected chi connectivity index (χ0v) is 22.0. The molecule has 0 unspecified atom stereocenters. The summed E-state index contributed by atoms with van der Waals surface area (Å²) in [6.45, 7) is 9.35. The number of nitrogens with zero attached hydrogens (tertiary/aromatic N) is 3. The number of morpholine rings is 1. The van der Waals surface area contributed by atoms with Crippen LogP contribution in [0.25, 0.3) is 32.2 Å². The van der Waals surface area contributed by atoms with Crippen molar-refractivity contribution in [3.63, 3.8) is 0 Å². The van der Waals surface area contributed by atoms with E-state index in [0.29, 0.717) is 18.2 Å². The fourth-order valence-electron chi connectivity index (χ4n) is 5.31. The van der Waals surface area contributed by atoms with E-state index in [1.165, 1.54) is 11.3 Å². The van der Waals surface area contributed by atoms with E-state index in [1.54, 1.807) is 0 Å². The van der Waals surface area contributed by atoms with Crippen molar-refractivity contribution in [3.05, 3.63) is 52.1 Å². The Balaban J connectivity index is 1.37. The Morgan fingerprint density at radius 3 is 2.72 bits per heavy atom. The molecule has 3 aromatic heterocycles. The van der Waals surface area contributed by atoms with Crippen molar-refractivity contribution in [3.8, 4) is 11.3 Å². The molecule has 186 valence electrons. The van der Waals surface area contributed by atoms with Gasteiger partial charge in [-0.2, -0.15) is 0 Å². The fourth-order valence-corrected chi connectivity index (χ4v) is 6.63. The Kier molecular flexibility index (Phi) is 6.08. The second-order valence-electron chi connectivity index (χ2n) is 9.88. The van der Waals surface area contributed by atoms with Crippen LogP contribution in [0.1, 0.15) is 36.1 Å². The molecule has 36 heavy (non-hydrogen) atoms. The maximum Gasteiger partial charge on any atom is 0.263 e. The van der Waals surface area contributed by atoms with Gasteiger partial charge in [-0.25, -0.2) is 9.97 Å². The number of carbonyl (C=O) groups excluding carboxylic acids is 1. The molecule has 3 atom stereocenters. The van der Waals surface area contributed by atoms with Gasteiger partial charge in [0, 0.05) is 53.3 Å². The summed E-state index contributed by atoms with van der Waals surface area (Å²) in [6.07, 6.45) is 0.393. The van der Waals surface area contributed by atoms with E-state index in [2.05, 4.69) is 52.6 Å². The van der Waals surface area contributed by atoms with E-state index in [-0.39, 0.29) is 24.2 Å². The average Bonchev–Trinajstić information content (AvgIpc) is 3.14. The van der Waals surface area contributed by atoms with Gasteiger partial charge in [0.25, 0.3) is 5.91 Å². The quantitative estimate of drug-likeness (QED) is 0.355. The highest BCUT2D eigenvalue weighted by atomic mass is 35.5. The first-order chi connectivity index (χ1) is 17.3. The third-order valence-corrected chi connectivity index (χ3v) is 8.06. The van der Waals surface area contributed by atoms with Crippen LogP contribution >= 0.6 is 22.9 Å². The van der Waals surface area contributed by atoms with Crippen LogP contribution < -0.4 is 10.6 Å².